The van der Waals surface area contributed by atoms with E-state index in [0.29, 0.717) is 0 Å². The summed E-state index contributed by atoms with van der Waals surface area (Å²) in [4.78, 5) is 0. The lowest BCUT2D eigenvalue weighted by atomic mass is 9.92. The van der Waals surface area contributed by atoms with Crippen molar-refractivity contribution in [1.82, 2.24) is 0 Å². The van der Waals surface area contributed by atoms with Crippen molar-refractivity contribution in [3.05, 3.63) is 35.9 Å². The summed E-state index contributed by atoms with van der Waals surface area (Å²) in [5, 5.41) is 0. The van der Waals surface area contributed by atoms with Crippen molar-refractivity contribution in [1.29, 1.82) is 0 Å². The van der Waals surface area contributed by atoms with Crippen molar-refractivity contribution in [2.75, 3.05) is 7.11 Å². The highest BCUT2D eigenvalue weighted by molar-refractivity contribution is 6.69. The number of hydrogen-bond acceptors (Lipinski definition) is 2. The largest absolute Gasteiger partial charge is 0.390 e. The van der Waals surface area contributed by atoms with Crippen molar-refractivity contribution in [2.24, 2.45) is 0 Å². The molecule has 0 amide bonds. The summed E-state index contributed by atoms with van der Waals surface area (Å²) < 4.78 is 12.2. The van der Waals surface area contributed by atoms with Crippen LogP contribution in [-0.2, 0) is 14.6 Å². The van der Waals surface area contributed by atoms with Gasteiger partial charge in [0.2, 0.25) is 0 Å². The first-order valence-electron chi connectivity index (χ1n) is 6.70. The standard InChI is InChI=1S/C15H24O2Si/c1-6-14(13-10-8-7-9-11-13)12-15(14,16-2)17-18(3,4)5/h7-11H,6,12H2,1-5H3/t14-,15+/m1/s1. The first-order chi connectivity index (χ1) is 8.39. The Morgan fingerprint density at radius 2 is 1.78 bits per heavy atom. The highest BCUT2D eigenvalue weighted by Gasteiger charge is 2.70. The number of benzene rings is 1. The lowest BCUT2D eigenvalue weighted by molar-refractivity contribution is -0.105. The maximum Gasteiger partial charge on any atom is 0.187 e. The Bertz CT molecular complexity index is 412. The summed E-state index contributed by atoms with van der Waals surface area (Å²) in [7, 11) is 0.164. The molecule has 1 fully saturated rings. The first-order valence-corrected chi connectivity index (χ1v) is 10.1. The third kappa shape index (κ3) is 2.15. The van der Waals surface area contributed by atoms with Gasteiger partial charge in [0.1, 0.15) is 0 Å². The molecule has 1 aromatic carbocycles. The van der Waals surface area contributed by atoms with Crippen molar-refractivity contribution >= 4 is 8.32 Å². The molecule has 2 nitrogen and oxygen atoms in total. The lowest BCUT2D eigenvalue weighted by Crippen LogP contribution is -2.39. The summed E-state index contributed by atoms with van der Waals surface area (Å²) in [5.41, 5.74) is 1.39. The zero-order valence-corrected chi connectivity index (χ0v) is 13.1. The van der Waals surface area contributed by atoms with Gasteiger partial charge < -0.3 is 9.16 Å². The molecule has 0 aromatic heterocycles. The smallest absolute Gasteiger partial charge is 0.187 e. The number of ether oxygens (including phenoxy) is 1. The van der Waals surface area contributed by atoms with Crippen LogP contribution < -0.4 is 0 Å². The molecule has 0 radical (unpaired) electrons. The van der Waals surface area contributed by atoms with Gasteiger partial charge in [-0.1, -0.05) is 37.3 Å². The molecule has 1 aliphatic carbocycles. The maximum atomic E-state index is 6.36. The molecule has 0 heterocycles. The van der Waals surface area contributed by atoms with Crippen molar-refractivity contribution in [3.8, 4) is 0 Å². The van der Waals surface area contributed by atoms with Crippen molar-refractivity contribution in [3.63, 3.8) is 0 Å². The van der Waals surface area contributed by atoms with Crippen LogP contribution in [0.2, 0.25) is 19.6 Å². The van der Waals surface area contributed by atoms with Gasteiger partial charge in [-0.25, -0.2) is 0 Å². The Morgan fingerprint density at radius 3 is 2.22 bits per heavy atom. The molecule has 3 heteroatoms. The third-order valence-corrected chi connectivity index (χ3v) is 4.81. The van der Waals surface area contributed by atoms with Gasteiger partial charge in [-0.15, -0.1) is 0 Å². The van der Waals surface area contributed by atoms with Gasteiger partial charge in [0.25, 0.3) is 0 Å². The van der Waals surface area contributed by atoms with E-state index < -0.39 is 14.1 Å². The fourth-order valence-corrected chi connectivity index (χ4v) is 4.31. The number of methoxy groups -OCH3 is 1. The quantitative estimate of drug-likeness (QED) is 0.592. The van der Waals surface area contributed by atoms with E-state index >= 15 is 0 Å². The molecule has 1 aliphatic rings. The van der Waals surface area contributed by atoms with Gasteiger partial charge >= 0.3 is 0 Å². The van der Waals surface area contributed by atoms with Gasteiger partial charge in [-0.3, -0.25) is 0 Å². The predicted molar refractivity (Wildman–Crippen MR) is 77.2 cm³/mol. The van der Waals surface area contributed by atoms with E-state index in [2.05, 4.69) is 56.9 Å². The summed E-state index contributed by atoms with van der Waals surface area (Å²) >= 11 is 0. The summed E-state index contributed by atoms with van der Waals surface area (Å²) in [6.07, 6.45) is 2.02. The minimum absolute atomic E-state index is 0.0449. The average Bonchev–Trinajstić information content (AvgIpc) is 2.98. The lowest BCUT2D eigenvalue weighted by Gasteiger charge is -2.30. The van der Waals surface area contributed by atoms with Gasteiger partial charge in [-0.05, 0) is 31.6 Å². The molecule has 2 rings (SSSR count). The van der Waals surface area contributed by atoms with E-state index in [4.69, 9.17) is 9.16 Å². The third-order valence-electron chi connectivity index (χ3n) is 3.87. The topological polar surface area (TPSA) is 18.5 Å². The Hall–Kier alpha value is -0.643. The van der Waals surface area contributed by atoms with E-state index in [9.17, 15) is 0 Å². The second-order valence-corrected chi connectivity index (χ2v) is 10.6. The molecule has 0 bridgehead atoms. The first kappa shape index (κ1) is 13.8. The Kier molecular flexibility index (Phi) is 3.43. The molecule has 0 spiro atoms. The van der Waals surface area contributed by atoms with E-state index in [1.165, 1.54) is 5.56 Å². The molecular weight excluding hydrogens is 240 g/mol. The number of rotatable bonds is 5. The SMILES string of the molecule is CC[C@]1(c2ccccc2)C[C@]1(OC)O[Si](C)(C)C. The van der Waals surface area contributed by atoms with Crippen LogP contribution in [0.4, 0.5) is 0 Å². The minimum atomic E-state index is -1.61. The predicted octanol–water partition coefficient (Wildman–Crippen LogP) is 3.93. The van der Waals surface area contributed by atoms with Crippen molar-refractivity contribution in [2.45, 2.75) is 50.6 Å². The molecule has 1 saturated carbocycles. The Morgan fingerprint density at radius 1 is 1.17 bits per heavy atom. The Labute approximate surface area is 111 Å². The monoisotopic (exact) mass is 264 g/mol. The van der Waals surface area contributed by atoms with Crippen LogP contribution in [0.15, 0.2) is 30.3 Å². The molecule has 0 N–H and O–H groups in total. The van der Waals surface area contributed by atoms with Crippen LogP contribution in [-0.4, -0.2) is 21.2 Å². The molecule has 0 unspecified atom stereocenters. The van der Waals surface area contributed by atoms with Crippen molar-refractivity contribution < 1.29 is 9.16 Å². The minimum Gasteiger partial charge on any atom is -0.390 e. The molecule has 1 aromatic rings. The van der Waals surface area contributed by atoms with E-state index in [-0.39, 0.29) is 5.41 Å². The van der Waals surface area contributed by atoms with Crippen LogP contribution >= 0.6 is 0 Å². The van der Waals surface area contributed by atoms with Crippen LogP contribution in [0.1, 0.15) is 25.3 Å². The van der Waals surface area contributed by atoms with E-state index in [1.807, 2.05) is 0 Å². The zero-order chi connectivity index (χ0) is 13.4. The summed E-state index contributed by atoms with van der Waals surface area (Å²) in [6.45, 7) is 8.88. The molecule has 100 valence electrons. The molecule has 0 aliphatic heterocycles. The van der Waals surface area contributed by atoms with E-state index in [1.54, 1.807) is 7.11 Å². The fraction of sp³-hybridized carbons (Fsp3) is 0.600. The second kappa shape index (κ2) is 4.48. The van der Waals surface area contributed by atoms with Crippen LogP contribution in [0.3, 0.4) is 0 Å². The van der Waals surface area contributed by atoms with Crippen LogP contribution in [0, 0.1) is 0 Å². The highest BCUT2D eigenvalue weighted by Crippen LogP contribution is 2.63. The molecule has 0 saturated heterocycles. The summed E-state index contributed by atoms with van der Waals surface area (Å²) in [6, 6.07) is 10.6. The van der Waals surface area contributed by atoms with E-state index in [0.717, 1.165) is 12.8 Å². The molecule has 2 atom stereocenters. The van der Waals surface area contributed by atoms with Crippen LogP contribution in [0.25, 0.3) is 0 Å². The van der Waals surface area contributed by atoms with Gasteiger partial charge in [0.05, 0.1) is 5.41 Å². The zero-order valence-electron chi connectivity index (χ0n) is 12.1. The average molecular weight is 264 g/mol. The highest BCUT2D eigenvalue weighted by atomic mass is 28.4. The van der Waals surface area contributed by atoms with Gasteiger partial charge in [0, 0.05) is 13.5 Å². The maximum absolute atomic E-state index is 6.36. The number of hydrogen-bond donors (Lipinski definition) is 0. The molecular formula is C15H24O2Si. The normalized spacial score (nSPS) is 31.4. The summed E-state index contributed by atoms with van der Waals surface area (Å²) in [5.74, 6) is -0.395. The molecule has 18 heavy (non-hydrogen) atoms. The van der Waals surface area contributed by atoms with Crippen LogP contribution in [0.5, 0.6) is 0 Å². The fourth-order valence-electron chi connectivity index (χ4n) is 2.97. The van der Waals surface area contributed by atoms with Gasteiger partial charge in [-0.2, -0.15) is 0 Å². The van der Waals surface area contributed by atoms with Gasteiger partial charge in [0.15, 0.2) is 14.1 Å². The Balaban J connectivity index is 2.32. The second-order valence-electron chi connectivity index (χ2n) is 6.15.